The van der Waals surface area contributed by atoms with Gasteiger partial charge in [0.05, 0.1) is 6.61 Å². The first-order valence-corrected chi connectivity index (χ1v) is 7.69. The molecule has 1 N–H and O–H groups in total. The normalized spacial score (nSPS) is 16.5. The van der Waals surface area contributed by atoms with Crippen LogP contribution in [0.5, 0.6) is 5.75 Å². The smallest absolute Gasteiger partial charge is 0.120 e. The molecule has 1 saturated heterocycles. The van der Waals surface area contributed by atoms with Crippen LogP contribution in [0, 0.1) is 5.92 Å². The van der Waals surface area contributed by atoms with Crippen molar-refractivity contribution < 1.29 is 9.47 Å². The number of piperidine rings is 1. The number of ether oxygens (including phenoxy) is 2. The quantitative estimate of drug-likeness (QED) is 0.815. The molecule has 19 heavy (non-hydrogen) atoms. The summed E-state index contributed by atoms with van der Waals surface area (Å²) in [4.78, 5) is 0. The van der Waals surface area contributed by atoms with E-state index < -0.39 is 0 Å². The first kappa shape index (κ1) is 14.8. The lowest BCUT2D eigenvalue weighted by atomic mass is 9.91. The van der Waals surface area contributed by atoms with E-state index in [2.05, 4.69) is 33.4 Å². The Bertz CT molecular complexity index is 392. The van der Waals surface area contributed by atoms with Crippen LogP contribution in [-0.4, -0.2) is 33.4 Å². The molecule has 3 nitrogen and oxygen atoms in total. The summed E-state index contributed by atoms with van der Waals surface area (Å²) >= 11 is 3.56. The third-order valence-corrected chi connectivity index (χ3v) is 3.93. The lowest BCUT2D eigenvalue weighted by Crippen LogP contribution is -2.28. The first-order valence-electron chi connectivity index (χ1n) is 6.90. The zero-order valence-corrected chi connectivity index (χ0v) is 13.0. The SMILES string of the molecule is COCCOc1cc(Br)cc(CC2CCNCC2)c1. The summed E-state index contributed by atoms with van der Waals surface area (Å²) in [6.07, 6.45) is 3.68. The van der Waals surface area contributed by atoms with Crippen molar-refractivity contribution >= 4 is 15.9 Å². The molecule has 0 unspecified atom stereocenters. The van der Waals surface area contributed by atoms with Gasteiger partial charge in [0.15, 0.2) is 0 Å². The second-order valence-electron chi connectivity index (χ2n) is 5.03. The van der Waals surface area contributed by atoms with Crippen LogP contribution in [0.1, 0.15) is 18.4 Å². The Morgan fingerprint density at radius 1 is 1.21 bits per heavy atom. The van der Waals surface area contributed by atoms with Gasteiger partial charge in [0, 0.05) is 11.6 Å². The standard InChI is InChI=1S/C15H22BrNO2/c1-18-6-7-19-15-10-13(9-14(16)11-15)8-12-2-4-17-5-3-12/h9-12,17H,2-8H2,1H3. The molecule has 0 amide bonds. The number of benzene rings is 1. The van der Waals surface area contributed by atoms with Gasteiger partial charge in [0.2, 0.25) is 0 Å². The Morgan fingerprint density at radius 2 is 2.00 bits per heavy atom. The van der Waals surface area contributed by atoms with Gasteiger partial charge in [-0.15, -0.1) is 0 Å². The summed E-state index contributed by atoms with van der Waals surface area (Å²) in [6, 6.07) is 6.37. The van der Waals surface area contributed by atoms with Gasteiger partial charge in [-0.25, -0.2) is 0 Å². The highest BCUT2D eigenvalue weighted by atomic mass is 79.9. The largest absolute Gasteiger partial charge is 0.491 e. The summed E-state index contributed by atoms with van der Waals surface area (Å²) in [5.74, 6) is 1.72. The van der Waals surface area contributed by atoms with Crippen molar-refractivity contribution in [2.45, 2.75) is 19.3 Å². The predicted octanol–water partition coefficient (Wildman–Crippen LogP) is 3.02. The maximum atomic E-state index is 5.69. The van der Waals surface area contributed by atoms with Gasteiger partial charge in [-0.3, -0.25) is 0 Å². The van der Waals surface area contributed by atoms with Crippen LogP contribution in [0.15, 0.2) is 22.7 Å². The monoisotopic (exact) mass is 327 g/mol. The molecule has 2 rings (SSSR count). The summed E-state index contributed by atoms with van der Waals surface area (Å²) in [7, 11) is 1.69. The van der Waals surface area contributed by atoms with E-state index >= 15 is 0 Å². The van der Waals surface area contributed by atoms with E-state index in [9.17, 15) is 0 Å². The van der Waals surface area contributed by atoms with Crippen molar-refractivity contribution in [3.05, 3.63) is 28.2 Å². The van der Waals surface area contributed by atoms with Gasteiger partial charge in [-0.2, -0.15) is 0 Å². The zero-order chi connectivity index (χ0) is 13.5. The molecule has 0 atom stereocenters. The Balaban J connectivity index is 1.95. The predicted molar refractivity (Wildman–Crippen MR) is 80.8 cm³/mol. The van der Waals surface area contributed by atoms with E-state index in [0.29, 0.717) is 13.2 Å². The van der Waals surface area contributed by atoms with E-state index in [0.717, 1.165) is 35.7 Å². The van der Waals surface area contributed by atoms with Crippen LogP contribution in [0.25, 0.3) is 0 Å². The molecule has 1 aliphatic heterocycles. The van der Waals surface area contributed by atoms with Gasteiger partial charge in [-0.05, 0) is 62.0 Å². The van der Waals surface area contributed by atoms with Crippen LogP contribution < -0.4 is 10.1 Å². The Hall–Kier alpha value is -0.580. The fraction of sp³-hybridized carbons (Fsp3) is 0.600. The molecule has 0 aliphatic carbocycles. The van der Waals surface area contributed by atoms with E-state index in [-0.39, 0.29) is 0 Å². The van der Waals surface area contributed by atoms with E-state index in [1.165, 1.54) is 18.4 Å². The molecule has 4 heteroatoms. The average molecular weight is 328 g/mol. The first-order chi connectivity index (χ1) is 9.28. The Kier molecular flexibility index (Phi) is 6.14. The fourth-order valence-corrected chi connectivity index (χ4v) is 3.00. The van der Waals surface area contributed by atoms with Crippen LogP contribution >= 0.6 is 15.9 Å². The minimum absolute atomic E-state index is 0.597. The van der Waals surface area contributed by atoms with Crippen molar-refractivity contribution in [1.82, 2.24) is 5.32 Å². The molecule has 1 aromatic carbocycles. The molecule has 1 fully saturated rings. The number of hydrogen-bond acceptors (Lipinski definition) is 3. The second kappa shape index (κ2) is 7.88. The van der Waals surface area contributed by atoms with Gasteiger partial charge in [0.25, 0.3) is 0 Å². The van der Waals surface area contributed by atoms with Gasteiger partial charge in [-0.1, -0.05) is 15.9 Å². The van der Waals surface area contributed by atoms with Crippen molar-refractivity contribution in [3.8, 4) is 5.75 Å². The van der Waals surface area contributed by atoms with Crippen molar-refractivity contribution in [2.24, 2.45) is 5.92 Å². The molecule has 0 radical (unpaired) electrons. The number of methoxy groups -OCH3 is 1. The lowest BCUT2D eigenvalue weighted by Gasteiger charge is -2.22. The summed E-state index contributed by atoms with van der Waals surface area (Å²) in [6.45, 7) is 3.52. The van der Waals surface area contributed by atoms with Crippen LogP contribution in [0.2, 0.25) is 0 Å². The molecule has 0 aromatic heterocycles. The van der Waals surface area contributed by atoms with Crippen LogP contribution in [-0.2, 0) is 11.2 Å². The molecule has 1 heterocycles. The summed E-state index contributed by atoms with van der Waals surface area (Å²) in [5, 5.41) is 3.41. The zero-order valence-electron chi connectivity index (χ0n) is 11.5. The van der Waals surface area contributed by atoms with Crippen molar-refractivity contribution in [1.29, 1.82) is 0 Å². The number of rotatable bonds is 6. The molecule has 1 aliphatic rings. The van der Waals surface area contributed by atoms with Crippen LogP contribution in [0.3, 0.4) is 0 Å². The summed E-state index contributed by atoms with van der Waals surface area (Å²) in [5.41, 5.74) is 1.36. The number of nitrogens with one attached hydrogen (secondary N) is 1. The third-order valence-electron chi connectivity index (χ3n) is 3.47. The lowest BCUT2D eigenvalue weighted by molar-refractivity contribution is 0.146. The second-order valence-corrected chi connectivity index (χ2v) is 5.95. The van der Waals surface area contributed by atoms with E-state index in [1.54, 1.807) is 7.11 Å². The minimum Gasteiger partial charge on any atom is -0.491 e. The average Bonchev–Trinajstić information content (AvgIpc) is 2.39. The number of halogens is 1. The van der Waals surface area contributed by atoms with Crippen molar-refractivity contribution in [3.63, 3.8) is 0 Å². The molecule has 1 aromatic rings. The summed E-state index contributed by atoms with van der Waals surface area (Å²) < 4.78 is 11.8. The van der Waals surface area contributed by atoms with E-state index in [1.807, 2.05) is 6.07 Å². The van der Waals surface area contributed by atoms with Crippen LogP contribution in [0.4, 0.5) is 0 Å². The Morgan fingerprint density at radius 3 is 2.74 bits per heavy atom. The molecule has 0 spiro atoms. The van der Waals surface area contributed by atoms with E-state index in [4.69, 9.17) is 9.47 Å². The third kappa shape index (κ3) is 5.13. The fourth-order valence-electron chi connectivity index (χ4n) is 2.48. The highest BCUT2D eigenvalue weighted by Gasteiger charge is 2.14. The van der Waals surface area contributed by atoms with Gasteiger partial charge >= 0.3 is 0 Å². The molecular formula is C15H22BrNO2. The highest BCUT2D eigenvalue weighted by Crippen LogP contribution is 2.25. The molecular weight excluding hydrogens is 306 g/mol. The Labute approximate surface area is 123 Å². The minimum atomic E-state index is 0.597. The highest BCUT2D eigenvalue weighted by molar-refractivity contribution is 9.10. The van der Waals surface area contributed by atoms with Gasteiger partial charge in [0.1, 0.15) is 12.4 Å². The van der Waals surface area contributed by atoms with Gasteiger partial charge < -0.3 is 14.8 Å². The molecule has 0 bridgehead atoms. The topological polar surface area (TPSA) is 30.5 Å². The maximum Gasteiger partial charge on any atom is 0.120 e. The van der Waals surface area contributed by atoms with Crippen molar-refractivity contribution in [2.75, 3.05) is 33.4 Å². The maximum absolute atomic E-state index is 5.69. The number of hydrogen-bond donors (Lipinski definition) is 1. The molecule has 106 valence electrons. The molecule has 0 saturated carbocycles.